The molecule has 0 amide bonds. The molecule has 4 heteroatoms. The Morgan fingerprint density at radius 1 is 1.53 bits per heavy atom. The van der Waals surface area contributed by atoms with Gasteiger partial charge in [0, 0.05) is 17.5 Å². The van der Waals surface area contributed by atoms with Crippen molar-refractivity contribution in [3.8, 4) is 5.75 Å². The molecular weight excluding hydrogens is 238 g/mol. The summed E-state index contributed by atoms with van der Waals surface area (Å²) in [6.45, 7) is 2.45. The van der Waals surface area contributed by atoms with Crippen LogP contribution in [0.25, 0.3) is 0 Å². The maximum absolute atomic E-state index is 12.0. The molecule has 0 spiro atoms. The van der Waals surface area contributed by atoms with Gasteiger partial charge in [0.05, 0.1) is 11.6 Å². The van der Waals surface area contributed by atoms with Crippen molar-refractivity contribution in [3.63, 3.8) is 0 Å². The molecular formula is C13H16ClNO2. The summed E-state index contributed by atoms with van der Waals surface area (Å²) < 4.78 is 5.33. The van der Waals surface area contributed by atoms with Crippen LogP contribution in [0.15, 0.2) is 18.2 Å². The lowest BCUT2D eigenvalue weighted by molar-refractivity contribution is 0.0832. The molecule has 1 fully saturated rings. The smallest absolute Gasteiger partial charge is 0.166 e. The number of carbonyl (C=O) groups is 1. The minimum atomic E-state index is 0.0685. The van der Waals surface area contributed by atoms with Crippen LogP contribution in [0.4, 0.5) is 0 Å². The van der Waals surface area contributed by atoms with Gasteiger partial charge >= 0.3 is 0 Å². The Morgan fingerprint density at radius 2 is 2.24 bits per heavy atom. The highest BCUT2D eigenvalue weighted by atomic mass is 35.5. The molecule has 17 heavy (non-hydrogen) atoms. The van der Waals surface area contributed by atoms with Crippen LogP contribution in [-0.4, -0.2) is 18.4 Å². The lowest BCUT2D eigenvalue weighted by atomic mass is 9.76. The number of Topliss-reactive ketones (excluding diaryl/α,β-unsaturated/α-hetero) is 1. The van der Waals surface area contributed by atoms with Gasteiger partial charge in [-0.15, -0.1) is 0 Å². The van der Waals surface area contributed by atoms with Crippen LogP contribution >= 0.6 is 11.6 Å². The SMILES string of the molecule is CCOc1ccc(C(=O)C2CC(N)C2)cc1Cl. The zero-order chi connectivity index (χ0) is 12.4. The minimum absolute atomic E-state index is 0.0685. The van der Waals surface area contributed by atoms with E-state index in [1.165, 1.54) is 0 Å². The van der Waals surface area contributed by atoms with Crippen molar-refractivity contribution in [2.45, 2.75) is 25.8 Å². The van der Waals surface area contributed by atoms with Crippen molar-refractivity contribution in [2.24, 2.45) is 11.7 Å². The predicted molar refractivity (Wildman–Crippen MR) is 67.7 cm³/mol. The zero-order valence-corrected chi connectivity index (χ0v) is 10.5. The Kier molecular flexibility index (Phi) is 3.69. The first-order chi connectivity index (χ1) is 8.11. The Hall–Kier alpha value is -1.06. The third kappa shape index (κ3) is 2.61. The van der Waals surface area contributed by atoms with Crippen LogP contribution in [0.1, 0.15) is 30.1 Å². The van der Waals surface area contributed by atoms with E-state index in [0.717, 1.165) is 12.8 Å². The summed E-state index contributed by atoms with van der Waals surface area (Å²) in [7, 11) is 0. The van der Waals surface area contributed by atoms with Gasteiger partial charge in [-0.3, -0.25) is 4.79 Å². The quantitative estimate of drug-likeness (QED) is 0.840. The Morgan fingerprint density at radius 3 is 2.76 bits per heavy atom. The molecule has 2 rings (SSSR count). The molecule has 1 aromatic carbocycles. The van der Waals surface area contributed by atoms with Gasteiger partial charge in [-0.1, -0.05) is 11.6 Å². The van der Waals surface area contributed by atoms with Gasteiger partial charge in [0.25, 0.3) is 0 Å². The maximum Gasteiger partial charge on any atom is 0.166 e. The van der Waals surface area contributed by atoms with E-state index in [1.54, 1.807) is 18.2 Å². The number of hydrogen-bond acceptors (Lipinski definition) is 3. The Balaban J connectivity index is 2.11. The Labute approximate surface area is 106 Å². The summed E-state index contributed by atoms with van der Waals surface area (Å²) >= 11 is 6.04. The summed E-state index contributed by atoms with van der Waals surface area (Å²) in [5.74, 6) is 0.826. The fourth-order valence-electron chi connectivity index (χ4n) is 2.04. The molecule has 0 atom stereocenters. The van der Waals surface area contributed by atoms with Gasteiger partial charge in [-0.05, 0) is 38.0 Å². The van der Waals surface area contributed by atoms with Crippen molar-refractivity contribution in [2.75, 3.05) is 6.61 Å². The first-order valence-electron chi connectivity index (χ1n) is 5.84. The molecule has 1 saturated carbocycles. The standard InChI is InChI=1S/C13H16ClNO2/c1-2-17-12-4-3-8(7-11(12)14)13(16)9-5-10(15)6-9/h3-4,7,9-10H,2,5-6,15H2,1H3. The van der Waals surface area contributed by atoms with E-state index in [0.29, 0.717) is 22.9 Å². The number of carbonyl (C=O) groups excluding carboxylic acids is 1. The summed E-state index contributed by atoms with van der Waals surface area (Å²) in [5, 5.41) is 0.487. The van der Waals surface area contributed by atoms with Crippen LogP contribution in [0, 0.1) is 5.92 Å². The molecule has 1 aromatic rings. The molecule has 0 radical (unpaired) electrons. The van der Waals surface area contributed by atoms with Gasteiger partial charge in [0.1, 0.15) is 5.75 Å². The number of ketones is 1. The van der Waals surface area contributed by atoms with Crippen LogP contribution < -0.4 is 10.5 Å². The highest BCUT2D eigenvalue weighted by Crippen LogP contribution is 2.32. The predicted octanol–water partition coefficient (Wildman–Crippen LogP) is 2.66. The number of benzene rings is 1. The second kappa shape index (κ2) is 5.07. The van der Waals surface area contributed by atoms with Gasteiger partial charge in [-0.25, -0.2) is 0 Å². The number of rotatable bonds is 4. The molecule has 92 valence electrons. The average molecular weight is 254 g/mol. The second-order valence-electron chi connectivity index (χ2n) is 4.37. The molecule has 0 aromatic heterocycles. The molecule has 0 bridgehead atoms. The van der Waals surface area contributed by atoms with Crippen LogP contribution in [0.2, 0.25) is 5.02 Å². The summed E-state index contributed by atoms with van der Waals surface area (Å²) in [5.41, 5.74) is 6.33. The number of nitrogens with two attached hydrogens (primary N) is 1. The minimum Gasteiger partial charge on any atom is -0.492 e. The maximum atomic E-state index is 12.0. The topological polar surface area (TPSA) is 52.3 Å². The van der Waals surface area contributed by atoms with Gasteiger partial charge in [0.15, 0.2) is 5.78 Å². The van der Waals surface area contributed by atoms with Crippen molar-refractivity contribution < 1.29 is 9.53 Å². The monoisotopic (exact) mass is 253 g/mol. The molecule has 0 saturated heterocycles. The van der Waals surface area contributed by atoms with Gasteiger partial charge in [0.2, 0.25) is 0 Å². The van der Waals surface area contributed by atoms with Crippen LogP contribution in [-0.2, 0) is 0 Å². The van der Waals surface area contributed by atoms with Crippen molar-refractivity contribution >= 4 is 17.4 Å². The molecule has 3 nitrogen and oxygen atoms in total. The molecule has 1 aliphatic carbocycles. The van der Waals surface area contributed by atoms with Crippen molar-refractivity contribution in [1.82, 2.24) is 0 Å². The van der Waals surface area contributed by atoms with Gasteiger partial charge in [-0.2, -0.15) is 0 Å². The number of hydrogen-bond donors (Lipinski definition) is 1. The van der Waals surface area contributed by atoms with E-state index in [2.05, 4.69) is 0 Å². The average Bonchev–Trinajstić information content (AvgIpc) is 2.27. The van der Waals surface area contributed by atoms with Gasteiger partial charge < -0.3 is 10.5 Å². The largest absolute Gasteiger partial charge is 0.492 e. The lowest BCUT2D eigenvalue weighted by Gasteiger charge is -2.31. The fraction of sp³-hybridized carbons (Fsp3) is 0.462. The fourth-order valence-corrected chi connectivity index (χ4v) is 2.27. The molecule has 0 unspecified atom stereocenters. The normalized spacial score (nSPS) is 23.0. The number of ether oxygens (including phenoxy) is 1. The lowest BCUT2D eigenvalue weighted by Crippen LogP contribution is -2.40. The van der Waals surface area contributed by atoms with E-state index in [9.17, 15) is 4.79 Å². The first-order valence-corrected chi connectivity index (χ1v) is 6.21. The number of halogens is 1. The first kappa shape index (κ1) is 12.4. The van der Waals surface area contributed by atoms with Crippen molar-refractivity contribution in [1.29, 1.82) is 0 Å². The highest BCUT2D eigenvalue weighted by molar-refractivity contribution is 6.32. The van der Waals surface area contributed by atoms with E-state index in [4.69, 9.17) is 22.1 Å². The summed E-state index contributed by atoms with van der Waals surface area (Å²) in [6.07, 6.45) is 1.56. The molecule has 2 N–H and O–H groups in total. The second-order valence-corrected chi connectivity index (χ2v) is 4.78. The summed E-state index contributed by atoms with van der Waals surface area (Å²) in [4.78, 5) is 12.0. The van der Waals surface area contributed by atoms with Crippen LogP contribution in [0.5, 0.6) is 5.75 Å². The van der Waals surface area contributed by atoms with E-state index in [1.807, 2.05) is 6.92 Å². The Bertz CT molecular complexity index is 427. The van der Waals surface area contributed by atoms with E-state index in [-0.39, 0.29) is 17.7 Å². The summed E-state index contributed by atoms with van der Waals surface area (Å²) in [6, 6.07) is 5.38. The van der Waals surface area contributed by atoms with Crippen LogP contribution in [0.3, 0.4) is 0 Å². The van der Waals surface area contributed by atoms with E-state index >= 15 is 0 Å². The molecule has 1 aliphatic rings. The third-order valence-electron chi connectivity index (χ3n) is 3.06. The molecule has 0 aliphatic heterocycles. The third-order valence-corrected chi connectivity index (χ3v) is 3.36. The highest BCUT2D eigenvalue weighted by Gasteiger charge is 2.32. The van der Waals surface area contributed by atoms with Crippen molar-refractivity contribution in [3.05, 3.63) is 28.8 Å². The van der Waals surface area contributed by atoms with E-state index < -0.39 is 0 Å². The zero-order valence-electron chi connectivity index (χ0n) is 9.78. The molecule has 0 heterocycles.